The minimum absolute atomic E-state index is 0.0526. The Hall–Kier alpha value is -1.86. The SMILES string of the molecule is C=C(C)/C(=C\C=C(/C)[C@@H](O)N=O)NC(=O)C1CC=C(NSC(C)(C)C)CC1. The summed E-state index contributed by atoms with van der Waals surface area (Å²) in [5.41, 5.74) is 2.82. The summed E-state index contributed by atoms with van der Waals surface area (Å²) in [6.07, 6.45) is 6.20. The molecule has 27 heavy (non-hydrogen) atoms. The lowest BCUT2D eigenvalue weighted by Crippen LogP contribution is -2.32. The van der Waals surface area contributed by atoms with Crippen molar-refractivity contribution in [2.45, 2.75) is 64.9 Å². The van der Waals surface area contributed by atoms with E-state index in [4.69, 9.17) is 0 Å². The summed E-state index contributed by atoms with van der Waals surface area (Å²) in [4.78, 5) is 23.0. The molecule has 0 aromatic heterocycles. The standard InChI is InChI=1S/C20H31N3O3S/c1-13(2)17(12-7-14(3)18(24)22-26)21-19(25)15-8-10-16(11-9-15)23-27-20(4,5)6/h7,10,12,15,18,23-24H,1,8-9,11H2,2-6H3,(H,21,25)/b14-7+,17-12+/t15?,18-/m1/s1. The molecular weight excluding hydrogens is 362 g/mol. The van der Waals surface area contributed by atoms with Gasteiger partial charge in [-0.05, 0) is 88.2 Å². The Morgan fingerprint density at radius 3 is 2.56 bits per heavy atom. The lowest BCUT2D eigenvalue weighted by molar-refractivity contribution is -0.124. The number of amides is 1. The van der Waals surface area contributed by atoms with E-state index in [1.54, 1.807) is 37.9 Å². The Morgan fingerprint density at radius 1 is 1.41 bits per heavy atom. The molecule has 1 unspecified atom stereocenters. The second kappa shape index (κ2) is 10.5. The molecule has 3 N–H and O–H groups in total. The first kappa shape index (κ1) is 23.2. The van der Waals surface area contributed by atoms with Crippen LogP contribution in [0.5, 0.6) is 0 Å². The third-order valence-electron chi connectivity index (χ3n) is 4.01. The molecule has 0 aliphatic heterocycles. The molecule has 6 nitrogen and oxygen atoms in total. The fraction of sp³-hybridized carbons (Fsp3) is 0.550. The van der Waals surface area contributed by atoms with Crippen LogP contribution < -0.4 is 10.0 Å². The summed E-state index contributed by atoms with van der Waals surface area (Å²) in [6.45, 7) is 13.7. The van der Waals surface area contributed by atoms with Gasteiger partial charge in [-0.25, -0.2) is 0 Å². The third-order valence-corrected chi connectivity index (χ3v) is 4.98. The van der Waals surface area contributed by atoms with Crippen molar-refractivity contribution in [3.05, 3.63) is 52.3 Å². The van der Waals surface area contributed by atoms with Crippen molar-refractivity contribution in [3.8, 4) is 0 Å². The van der Waals surface area contributed by atoms with Gasteiger partial charge in [0.1, 0.15) is 0 Å². The predicted molar refractivity (Wildman–Crippen MR) is 113 cm³/mol. The van der Waals surface area contributed by atoms with E-state index < -0.39 is 6.23 Å². The number of carbonyl (C=O) groups is 1. The van der Waals surface area contributed by atoms with Crippen LogP contribution in [0.4, 0.5) is 0 Å². The number of carbonyl (C=O) groups excluding carboxylic acids is 1. The van der Waals surface area contributed by atoms with Crippen molar-refractivity contribution in [2.24, 2.45) is 11.1 Å². The third kappa shape index (κ3) is 8.58. The highest BCUT2D eigenvalue weighted by molar-refractivity contribution is 7.98. The van der Waals surface area contributed by atoms with E-state index in [9.17, 15) is 14.8 Å². The summed E-state index contributed by atoms with van der Waals surface area (Å²) in [6, 6.07) is 0. The van der Waals surface area contributed by atoms with Gasteiger partial charge in [0.05, 0.1) is 0 Å². The quantitative estimate of drug-likeness (QED) is 0.325. The van der Waals surface area contributed by atoms with Crippen molar-refractivity contribution >= 4 is 17.9 Å². The van der Waals surface area contributed by atoms with Crippen LogP contribution in [0.15, 0.2) is 52.5 Å². The maximum atomic E-state index is 12.6. The number of aliphatic hydroxyl groups excluding tert-OH is 1. The zero-order chi connectivity index (χ0) is 20.6. The lowest BCUT2D eigenvalue weighted by atomic mass is 9.92. The van der Waals surface area contributed by atoms with E-state index in [1.165, 1.54) is 5.70 Å². The lowest BCUT2D eigenvalue weighted by Gasteiger charge is -2.25. The highest BCUT2D eigenvalue weighted by Crippen LogP contribution is 2.27. The highest BCUT2D eigenvalue weighted by Gasteiger charge is 2.23. The van der Waals surface area contributed by atoms with Crippen LogP contribution in [-0.4, -0.2) is 22.0 Å². The van der Waals surface area contributed by atoms with E-state index in [2.05, 4.69) is 48.6 Å². The van der Waals surface area contributed by atoms with Gasteiger partial charge in [-0.3, -0.25) is 4.79 Å². The fourth-order valence-electron chi connectivity index (χ4n) is 2.29. The van der Waals surface area contributed by atoms with E-state index in [0.717, 1.165) is 12.8 Å². The molecule has 0 aromatic carbocycles. The molecule has 0 radical (unpaired) electrons. The number of allylic oxidation sites excluding steroid dienone is 5. The Morgan fingerprint density at radius 2 is 2.07 bits per heavy atom. The normalized spacial score (nSPS) is 19.8. The molecule has 7 heteroatoms. The number of aliphatic hydroxyl groups is 1. The maximum Gasteiger partial charge on any atom is 0.227 e. The van der Waals surface area contributed by atoms with Gasteiger partial charge in [0, 0.05) is 22.1 Å². The summed E-state index contributed by atoms with van der Waals surface area (Å²) < 4.78 is 3.52. The molecule has 0 spiro atoms. The van der Waals surface area contributed by atoms with Crippen LogP contribution in [0.3, 0.4) is 0 Å². The minimum atomic E-state index is -1.39. The maximum absolute atomic E-state index is 12.6. The number of hydrogen-bond donors (Lipinski definition) is 3. The van der Waals surface area contributed by atoms with Gasteiger partial charge in [0.2, 0.25) is 12.1 Å². The first-order valence-electron chi connectivity index (χ1n) is 9.02. The second-order valence-corrected chi connectivity index (χ2v) is 9.39. The van der Waals surface area contributed by atoms with Crippen LogP contribution in [0, 0.1) is 10.8 Å². The van der Waals surface area contributed by atoms with Gasteiger partial charge in [-0.2, -0.15) is 0 Å². The van der Waals surface area contributed by atoms with Crippen molar-refractivity contribution in [2.75, 3.05) is 0 Å². The number of hydrogen-bond acceptors (Lipinski definition) is 6. The van der Waals surface area contributed by atoms with Crippen LogP contribution >= 0.6 is 11.9 Å². The van der Waals surface area contributed by atoms with E-state index in [0.29, 0.717) is 23.3 Å². The zero-order valence-electron chi connectivity index (χ0n) is 16.8. The molecule has 0 heterocycles. The van der Waals surface area contributed by atoms with Crippen molar-refractivity contribution < 1.29 is 9.90 Å². The molecule has 0 fully saturated rings. The molecule has 1 amide bonds. The number of nitroso groups, excluding NO2 is 1. The van der Waals surface area contributed by atoms with Crippen molar-refractivity contribution in [3.63, 3.8) is 0 Å². The Balaban J connectivity index is 2.69. The molecule has 150 valence electrons. The first-order valence-corrected chi connectivity index (χ1v) is 9.84. The largest absolute Gasteiger partial charge is 0.365 e. The van der Waals surface area contributed by atoms with Crippen LogP contribution in [-0.2, 0) is 4.79 Å². The molecular formula is C20H31N3O3S. The van der Waals surface area contributed by atoms with Gasteiger partial charge in [0.25, 0.3) is 0 Å². The monoisotopic (exact) mass is 393 g/mol. The Labute approximate surface area is 166 Å². The molecule has 1 aliphatic rings. The van der Waals surface area contributed by atoms with Gasteiger partial charge in [0.15, 0.2) is 0 Å². The molecule has 2 atom stereocenters. The molecule has 1 rings (SSSR count). The first-order chi connectivity index (χ1) is 12.5. The van der Waals surface area contributed by atoms with Crippen LogP contribution in [0.1, 0.15) is 53.9 Å². The molecule has 1 aliphatic carbocycles. The summed E-state index contributed by atoms with van der Waals surface area (Å²) in [7, 11) is 0. The summed E-state index contributed by atoms with van der Waals surface area (Å²) in [5.74, 6) is -0.145. The average Bonchev–Trinajstić information content (AvgIpc) is 2.61. The molecule has 0 saturated carbocycles. The fourth-order valence-corrected chi connectivity index (χ4v) is 2.92. The van der Waals surface area contributed by atoms with Crippen molar-refractivity contribution in [1.29, 1.82) is 0 Å². The highest BCUT2D eigenvalue weighted by atomic mass is 32.2. The summed E-state index contributed by atoms with van der Waals surface area (Å²) in [5, 5.41) is 14.9. The number of nitrogens with one attached hydrogen (secondary N) is 2. The second-order valence-electron chi connectivity index (χ2n) is 7.76. The average molecular weight is 394 g/mol. The van der Waals surface area contributed by atoms with Crippen LogP contribution in [0.25, 0.3) is 0 Å². The van der Waals surface area contributed by atoms with Crippen LogP contribution in [0.2, 0.25) is 0 Å². The van der Waals surface area contributed by atoms with Gasteiger partial charge in [-0.15, -0.1) is 4.91 Å². The van der Waals surface area contributed by atoms with E-state index in [-0.39, 0.29) is 16.6 Å². The topological polar surface area (TPSA) is 90.8 Å². The van der Waals surface area contributed by atoms with Gasteiger partial charge < -0.3 is 15.1 Å². The van der Waals surface area contributed by atoms with E-state index >= 15 is 0 Å². The predicted octanol–water partition coefficient (Wildman–Crippen LogP) is 4.31. The Bertz CT molecular complexity index is 660. The minimum Gasteiger partial charge on any atom is -0.365 e. The number of nitrogens with zero attached hydrogens (tertiary/aromatic N) is 1. The van der Waals surface area contributed by atoms with Gasteiger partial charge >= 0.3 is 0 Å². The van der Waals surface area contributed by atoms with Gasteiger partial charge in [-0.1, -0.05) is 18.7 Å². The molecule has 0 aromatic rings. The molecule has 0 bridgehead atoms. The zero-order valence-corrected chi connectivity index (χ0v) is 17.7. The smallest absolute Gasteiger partial charge is 0.227 e. The van der Waals surface area contributed by atoms with Crippen molar-refractivity contribution in [1.82, 2.24) is 10.0 Å². The molecule has 0 saturated heterocycles. The van der Waals surface area contributed by atoms with E-state index in [1.807, 2.05) is 0 Å². The summed E-state index contributed by atoms with van der Waals surface area (Å²) >= 11 is 1.68. The number of rotatable bonds is 8. The Kier molecular flexibility index (Phi) is 8.99.